The summed E-state index contributed by atoms with van der Waals surface area (Å²) in [7, 11) is 0. The van der Waals surface area contributed by atoms with E-state index in [4.69, 9.17) is 4.42 Å². The number of hydrogen-bond donors (Lipinski definition) is 0. The van der Waals surface area contributed by atoms with E-state index in [-0.39, 0.29) is 0 Å². The van der Waals surface area contributed by atoms with Gasteiger partial charge in [0.1, 0.15) is 5.82 Å². The normalized spacial score (nSPS) is 10.8. The SMILES string of the molecule is c1ccc(Cc2ncoc2-c2cccn2-c2ccccn2)cc1. The molecule has 0 bridgehead atoms. The second-order valence-corrected chi connectivity index (χ2v) is 5.24. The Morgan fingerprint density at radius 1 is 0.870 bits per heavy atom. The van der Waals surface area contributed by atoms with E-state index in [1.54, 1.807) is 6.20 Å². The van der Waals surface area contributed by atoms with Gasteiger partial charge in [0, 0.05) is 18.8 Å². The van der Waals surface area contributed by atoms with E-state index in [2.05, 4.69) is 22.1 Å². The van der Waals surface area contributed by atoms with E-state index in [9.17, 15) is 0 Å². The molecule has 23 heavy (non-hydrogen) atoms. The fourth-order valence-electron chi connectivity index (χ4n) is 2.65. The molecule has 0 N–H and O–H groups in total. The van der Waals surface area contributed by atoms with Gasteiger partial charge in [0.05, 0.1) is 11.4 Å². The highest BCUT2D eigenvalue weighted by molar-refractivity contribution is 5.59. The Balaban J connectivity index is 1.73. The van der Waals surface area contributed by atoms with Crippen LogP contribution in [-0.4, -0.2) is 14.5 Å². The molecule has 0 spiro atoms. The fourth-order valence-corrected chi connectivity index (χ4v) is 2.65. The first-order valence-corrected chi connectivity index (χ1v) is 7.47. The van der Waals surface area contributed by atoms with Gasteiger partial charge < -0.3 is 4.42 Å². The molecule has 0 saturated carbocycles. The molecule has 0 radical (unpaired) electrons. The molecular formula is C19H15N3O. The number of hydrogen-bond acceptors (Lipinski definition) is 3. The lowest BCUT2D eigenvalue weighted by atomic mass is 10.1. The Bertz CT molecular complexity index is 895. The number of benzene rings is 1. The number of oxazole rings is 1. The zero-order valence-corrected chi connectivity index (χ0v) is 12.5. The molecule has 0 fully saturated rings. The lowest BCUT2D eigenvalue weighted by Crippen LogP contribution is -1.99. The van der Waals surface area contributed by atoms with Crippen LogP contribution in [0.2, 0.25) is 0 Å². The van der Waals surface area contributed by atoms with Crippen molar-refractivity contribution in [3.63, 3.8) is 0 Å². The van der Waals surface area contributed by atoms with Crippen molar-refractivity contribution in [2.45, 2.75) is 6.42 Å². The first kappa shape index (κ1) is 13.5. The van der Waals surface area contributed by atoms with Gasteiger partial charge in [-0.2, -0.15) is 0 Å². The van der Waals surface area contributed by atoms with Crippen LogP contribution in [0.1, 0.15) is 11.3 Å². The highest BCUT2D eigenvalue weighted by atomic mass is 16.3. The van der Waals surface area contributed by atoms with E-state index >= 15 is 0 Å². The van der Waals surface area contributed by atoms with E-state index in [0.717, 1.165) is 29.4 Å². The summed E-state index contributed by atoms with van der Waals surface area (Å²) >= 11 is 0. The molecule has 3 heterocycles. The number of nitrogens with zero attached hydrogens (tertiary/aromatic N) is 3. The van der Waals surface area contributed by atoms with Gasteiger partial charge in [-0.3, -0.25) is 4.57 Å². The molecule has 4 nitrogen and oxygen atoms in total. The van der Waals surface area contributed by atoms with Crippen molar-refractivity contribution in [3.8, 4) is 17.3 Å². The monoisotopic (exact) mass is 301 g/mol. The highest BCUT2D eigenvalue weighted by Crippen LogP contribution is 2.27. The summed E-state index contributed by atoms with van der Waals surface area (Å²) in [6.45, 7) is 0. The van der Waals surface area contributed by atoms with Gasteiger partial charge in [-0.05, 0) is 29.8 Å². The van der Waals surface area contributed by atoms with Gasteiger partial charge in [0.15, 0.2) is 12.2 Å². The minimum Gasteiger partial charge on any atom is -0.442 e. The third-order valence-electron chi connectivity index (χ3n) is 3.73. The van der Waals surface area contributed by atoms with Gasteiger partial charge >= 0.3 is 0 Å². The van der Waals surface area contributed by atoms with Crippen LogP contribution in [-0.2, 0) is 6.42 Å². The Morgan fingerprint density at radius 3 is 2.57 bits per heavy atom. The number of rotatable bonds is 4. The topological polar surface area (TPSA) is 43.9 Å². The Labute approximate surface area is 134 Å². The van der Waals surface area contributed by atoms with Crippen molar-refractivity contribution in [2.75, 3.05) is 0 Å². The second-order valence-electron chi connectivity index (χ2n) is 5.24. The van der Waals surface area contributed by atoms with Gasteiger partial charge in [-0.25, -0.2) is 9.97 Å². The Kier molecular flexibility index (Phi) is 3.48. The van der Waals surface area contributed by atoms with E-state index < -0.39 is 0 Å². The molecule has 4 rings (SSSR count). The van der Waals surface area contributed by atoms with Gasteiger partial charge in [-0.1, -0.05) is 36.4 Å². The van der Waals surface area contributed by atoms with Crippen molar-refractivity contribution >= 4 is 0 Å². The van der Waals surface area contributed by atoms with Gasteiger partial charge in [-0.15, -0.1) is 0 Å². The summed E-state index contributed by atoms with van der Waals surface area (Å²) in [6.07, 6.45) is 6.00. The van der Waals surface area contributed by atoms with Crippen LogP contribution >= 0.6 is 0 Å². The summed E-state index contributed by atoms with van der Waals surface area (Å²) in [5.74, 6) is 1.64. The van der Waals surface area contributed by atoms with E-state index in [1.807, 2.05) is 59.3 Å². The van der Waals surface area contributed by atoms with Crippen molar-refractivity contribution in [2.24, 2.45) is 0 Å². The molecule has 3 aromatic heterocycles. The second kappa shape index (κ2) is 5.93. The van der Waals surface area contributed by atoms with Crippen LogP contribution in [0.25, 0.3) is 17.3 Å². The van der Waals surface area contributed by atoms with E-state index in [1.165, 1.54) is 12.0 Å². The molecule has 0 unspecified atom stereocenters. The third-order valence-corrected chi connectivity index (χ3v) is 3.73. The summed E-state index contributed by atoms with van der Waals surface area (Å²) in [4.78, 5) is 8.81. The third kappa shape index (κ3) is 2.66. The van der Waals surface area contributed by atoms with Crippen molar-refractivity contribution in [1.82, 2.24) is 14.5 Å². The summed E-state index contributed by atoms with van der Waals surface area (Å²) in [5.41, 5.74) is 3.08. The van der Waals surface area contributed by atoms with Crippen molar-refractivity contribution in [3.05, 3.63) is 90.7 Å². The molecule has 0 aliphatic carbocycles. The molecule has 1 aromatic carbocycles. The molecule has 4 heteroatoms. The molecule has 0 aliphatic rings. The predicted molar refractivity (Wildman–Crippen MR) is 88.3 cm³/mol. The van der Waals surface area contributed by atoms with Gasteiger partial charge in [0.25, 0.3) is 0 Å². The molecular weight excluding hydrogens is 286 g/mol. The average molecular weight is 301 g/mol. The smallest absolute Gasteiger partial charge is 0.181 e. The van der Waals surface area contributed by atoms with Crippen LogP contribution in [0, 0.1) is 0 Å². The lowest BCUT2D eigenvalue weighted by molar-refractivity contribution is 0.567. The zero-order chi connectivity index (χ0) is 15.5. The lowest BCUT2D eigenvalue weighted by Gasteiger charge is -2.07. The van der Waals surface area contributed by atoms with Crippen LogP contribution in [0.5, 0.6) is 0 Å². The summed E-state index contributed by atoms with van der Waals surface area (Å²) in [5, 5.41) is 0. The maximum absolute atomic E-state index is 5.68. The number of aromatic nitrogens is 3. The zero-order valence-electron chi connectivity index (χ0n) is 12.5. The van der Waals surface area contributed by atoms with Crippen molar-refractivity contribution < 1.29 is 4.42 Å². The molecule has 4 aromatic rings. The first-order valence-electron chi connectivity index (χ1n) is 7.47. The predicted octanol–water partition coefficient (Wildman–Crippen LogP) is 4.12. The largest absolute Gasteiger partial charge is 0.442 e. The maximum atomic E-state index is 5.68. The molecule has 0 atom stereocenters. The summed E-state index contributed by atoms with van der Waals surface area (Å²) in [6, 6.07) is 20.1. The highest BCUT2D eigenvalue weighted by Gasteiger charge is 2.16. The fraction of sp³-hybridized carbons (Fsp3) is 0.0526. The minimum atomic E-state index is 0.736. The maximum Gasteiger partial charge on any atom is 0.181 e. The van der Waals surface area contributed by atoms with Crippen LogP contribution < -0.4 is 0 Å². The minimum absolute atomic E-state index is 0.736. The molecule has 0 saturated heterocycles. The first-order chi connectivity index (χ1) is 11.4. The Hall–Kier alpha value is -3.14. The summed E-state index contributed by atoms with van der Waals surface area (Å²) < 4.78 is 7.69. The van der Waals surface area contributed by atoms with Gasteiger partial charge in [0.2, 0.25) is 0 Å². The molecule has 0 amide bonds. The van der Waals surface area contributed by atoms with Crippen LogP contribution in [0.3, 0.4) is 0 Å². The average Bonchev–Trinajstić information content (AvgIpc) is 3.25. The molecule has 0 aliphatic heterocycles. The van der Waals surface area contributed by atoms with Crippen LogP contribution in [0.4, 0.5) is 0 Å². The molecule has 112 valence electrons. The van der Waals surface area contributed by atoms with Crippen molar-refractivity contribution in [1.29, 1.82) is 0 Å². The standard InChI is InChI=1S/C19H15N3O/c1-2-7-15(8-3-1)13-16-19(23-14-21-16)17-9-6-12-22(17)18-10-4-5-11-20-18/h1-12,14H,13H2. The Morgan fingerprint density at radius 2 is 1.74 bits per heavy atom. The number of pyridine rings is 1. The quantitative estimate of drug-likeness (QED) is 0.569. The van der Waals surface area contributed by atoms with Crippen LogP contribution in [0.15, 0.2) is 83.9 Å². The van der Waals surface area contributed by atoms with E-state index in [0.29, 0.717) is 0 Å².